The average molecular weight is 283 g/mol. The van der Waals surface area contributed by atoms with Crippen LogP contribution in [-0.2, 0) is 4.74 Å². The molecule has 1 aliphatic carbocycles. The van der Waals surface area contributed by atoms with Crippen molar-refractivity contribution in [2.75, 3.05) is 20.3 Å². The third-order valence-electron chi connectivity index (χ3n) is 3.87. The number of hydrazone groups is 1. The zero-order valence-electron chi connectivity index (χ0n) is 13.2. The number of urea groups is 1. The van der Waals surface area contributed by atoms with Gasteiger partial charge < -0.3 is 10.1 Å². The smallest absolute Gasteiger partial charge is 0.335 e. The van der Waals surface area contributed by atoms with Gasteiger partial charge >= 0.3 is 6.03 Å². The molecule has 0 radical (unpaired) electrons. The minimum absolute atomic E-state index is 0.227. The number of ether oxygens (including phenoxy) is 1. The van der Waals surface area contributed by atoms with Crippen molar-refractivity contribution in [3.63, 3.8) is 0 Å². The van der Waals surface area contributed by atoms with Crippen molar-refractivity contribution in [1.29, 1.82) is 0 Å². The van der Waals surface area contributed by atoms with E-state index in [4.69, 9.17) is 4.74 Å². The average Bonchev–Trinajstić information content (AvgIpc) is 2.41. The summed E-state index contributed by atoms with van der Waals surface area (Å²) in [6, 6.07) is -0.227. The predicted molar refractivity (Wildman–Crippen MR) is 81.8 cm³/mol. The molecule has 0 aromatic carbocycles. The molecule has 2 unspecified atom stereocenters. The van der Waals surface area contributed by atoms with Crippen molar-refractivity contribution in [1.82, 2.24) is 10.7 Å². The maximum Gasteiger partial charge on any atom is 0.335 e. The molecular formula is C15H29N3O2. The molecule has 0 bridgehead atoms. The van der Waals surface area contributed by atoms with Crippen LogP contribution < -0.4 is 10.7 Å². The van der Waals surface area contributed by atoms with Crippen LogP contribution in [-0.4, -0.2) is 32.0 Å². The first-order valence-corrected chi connectivity index (χ1v) is 7.63. The Morgan fingerprint density at radius 2 is 2.20 bits per heavy atom. The van der Waals surface area contributed by atoms with E-state index in [0.29, 0.717) is 30.9 Å². The fraction of sp³-hybridized carbons (Fsp3) is 0.867. The highest BCUT2D eigenvalue weighted by molar-refractivity contribution is 5.89. The van der Waals surface area contributed by atoms with Crippen LogP contribution in [0.3, 0.4) is 0 Å². The van der Waals surface area contributed by atoms with Crippen LogP contribution in [0.15, 0.2) is 5.10 Å². The fourth-order valence-corrected chi connectivity index (χ4v) is 2.67. The Hall–Kier alpha value is -1.10. The number of nitrogens with one attached hydrogen (secondary N) is 2. The number of methoxy groups -OCH3 is 1. The molecule has 20 heavy (non-hydrogen) atoms. The van der Waals surface area contributed by atoms with E-state index in [1.165, 1.54) is 12.8 Å². The fourth-order valence-electron chi connectivity index (χ4n) is 2.67. The molecule has 5 heteroatoms. The van der Waals surface area contributed by atoms with Crippen LogP contribution in [0.2, 0.25) is 0 Å². The molecule has 1 aliphatic rings. The Balaban J connectivity index is 2.42. The molecule has 1 fully saturated rings. The van der Waals surface area contributed by atoms with Gasteiger partial charge in [-0.25, -0.2) is 10.2 Å². The lowest BCUT2D eigenvalue weighted by molar-refractivity contribution is 0.193. The van der Waals surface area contributed by atoms with E-state index in [-0.39, 0.29) is 6.03 Å². The number of amides is 2. The van der Waals surface area contributed by atoms with Crippen molar-refractivity contribution in [2.45, 2.75) is 46.5 Å². The van der Waals surface area contributed by atoms with Crippen LogP contribution in [0.5, 0.6) is 0 Å². The van der Waals surface area contributed by atoms with Crippen molar-refractivity contribution >= 4 is 11.7 Å². The Morgan fingerprint density at radius 1 is 1.45 bits per heavy atom. The molecule has 116 valence electrons. The number of nitrogens with zero attached hydrogens (tertiary/aromatic N) is 1. The second kappa shape index (κ2) is 8.95. The van der Waals surface area contributed by atoms with Gasteiger partial charge in [0.05, 0.1) is 0 Å². The second-order valence-corrected chi connectivity index (χ2v) is 6.05. The first-order chi connectivity index (χ1) is 9.54. The minimum Gasteiger partial charge on any atom is -0.385 e. The molecule has 2 amide bonds. The SMILES string of the molecule is COCCCNC(=O)N/N=C1/CC(C)CCC1C(C)C. The second-order valence-electron chi connectivity index (χ2n) is 6.05. The first-order valence-electron chi connectivity index (χ1n) is 7.63. The number of rotatable bonds is 6. The quantitative estimate of drug-likeness (QED) is 0.581. The van der Waals surface area contributed by atoms with Gasteiger partial charge in [-0.3, -0.25) is 0 Å². The van der Waals surface area contributed by atoms with Crippen LogP contribution in [0.1, 0.15) is 46.5 Å². The van der Waals surface area contributed by atoms with Gasteiger partial charge in [-0.1, -0.05) is 20.8 Å². The van der Waals surface area contributed by atoms with Gasteiger partial charge in [0, 0.05) is 31.9 Å². The van der Waals surface area contributed by atoms with Crippen LogP contribution >= 0.6 is 0 Å². The van der Waals surface area contributed by atoms with Crippen LogP contribution in [0.4, 0.5) is 4.79 Å². The monoisotopic (exact) mass is 283 g/mol. The molecule has 1 rings (SSSR count). The van der Waals surface area contributed by atoms with Crippen LogP contribution in [0.25, 0.3) is 0 Å². The molecule has 0 aromatic heterocycles. The van der Waals surface area contributed by atoms with Gasteiger partial charge in [0.2, 0.25) is 0 Å². The Labute approximate surface area is 122 Å². The minimum atomic E-state index is -0.227. The molecule has 2 N–H and O–H groups in total. The lowest BCUT2D eigenvalue weighted by Crippen LogP contribution is -2.36. The molecule has 0 aromatic rings. The molecule has 5 nitrogen and oxygen atoms in total. The van der Waals surface area contributed by atoms with E-state index < -0.39 is 0 Å². The lowest BCUT2D eigenvalue weighted by Gasteiger charge is -2.30. The van der Waals surface area contributed by atoms with Gasteiger partial charge in [0.25, 0.3) is 0 Å². The maximum atomic E-state index is 11.6. The third kappa shape index (κ3) is 5.90. The zero-order valence-corrected chi connectivity index (χ0v) is 13.2. The molecule has 0 saturated heterocycles. The molecule has 2 atom stereocenters. The van der Waals surface area contributed by atoms with Crippen molar-refractivity contribution < 1.29 is 9.53 Å². The van der Waals surface area contributed by atoms with Crippen molar-refractivity contribution in [2.24, 2.45) is 22.9 Å². The molecule has 1 saturated carbocycles. The van der Waals surface area contributed by atoms with Gasteiger partial charge in [0.1, 0.15) is 0 Å². The summed E-state index contributed by atoms with van der Waals surface area (Å²) in [5, 5.41) is 7.13. The van der Waals surface area contributed by atoms with Gasteiger partial charge in [0.15, 0.2) is 0 Å². The highest BCUT2D eigenvalue weighted by Gasteiger charge is 2.27. The standard InChI is InChI=1S/C15H29N3O2/c1-11(2)13-7-6-12(3)10-14(13)17-18-15(19)16-8-5-9-20-4/h11-13H,5-10H2,1-4H3,(H2,16,18,19)/b17-14-. The van der Waals surface area contributed by atoms with E-state index in [1.807, 2.05) is 0 Å². The predicted octanol–water partition coefficient (Wildman–Crippen LogP) is 2.77. The highest BCUT2D eigenvalue weighted by atomic mass is 16.5. The van der Waals surface area contributed by atoms with Crippen LogP contribution in [0, 0.1) is 17.8 Å². The topological polar surface area (TPSA) is 62.7 Å². The van der Waals surface area contributed by atoms with Gasteiger partial charge in [-0.2, -0.15) is 5.10 Å². The summed E-state index contributed by atoms with van der Waals surface area (Å²) >= 11 is 0. The normalized spacial score (nSPS) is 24.9. The summed E-state index contributed by atoms with van der Waals surface area (Å²) in [5.41, 5.74) is 3.78. The van der Waals surface area contributed by atoms with Crippen molar-refractivity contribution in [3.05, 3.63) is 0 Å². The number of carbonyl (C=O) groups is 1. The summed E-state index contributed by atoms with van der Waals surface area (Å²) in [6.07, 6.45) is 4.23. The zero-order chi connectivity index (χ0) is 15.0. The van der Waals surface area contributed by atoms with E-state index in [0.717, 1.165) is 18.6 Å². The van der Waals surface area contributed by atoms with Gasteiger partial charge in [-0.15, -0.1) is 0 Å². The van der Waals surface area contributed by atoms with Gasteiger partial charge in [-0.05, 0) is 37.5 Å². The highest BCUT2D eigenvalue weighted by Crippen LogP contribution is 2.31. The Morgan fingerprint density at radius 3 is 2.85 bits per heavy atom. The molecule has 0 spiro atoms. The molecular weight excluding hydrogens is 254 g/mol. The summed E-state index contributed by atoms with van der Waals surface area (Å²) in [6.45, 7) is 7.95. The third-order valence-corrected chi connectivity index (χ3v) is 3.87. The van der Waals surface area contributed by atoms with E-state index in [9.17, 15) is 4.79 Å². The molecule has 0 aliphatic heterocycles. The van der Waals surface area contributed by atoms with Crippen molar-refractivity contribution in [3.8, 4) is 0 Å². The maximum absolute atomic E-state index is 11.6. The Bertz CT molecular complexity index is 329. The molecule has 0 heterocycles. The summed E-state index contributed by atoms with van der Waals surface area (Å²) in [7, 11) is 1.66. The number of hydrogen-bond acceptors (Lipinski definition) is 3. The summed E-state index contributed by atoms with van der Waals surface area (Å²) in [4.78, 5) is 11.6. The van der Waals surface area contributed by atoms with E-state index >= 15 is 0 Å². The summed E-state index contributed by atoms with van der Waals surface area (Å²) in [5.74, 6) is 1.74. The lowest BCUT2D eigenvalue weighted by atomic mass is 9.76. The van der Waals surface area contributed by atoms with E-state index in [1.54, 1.807) is 7.11 Å². The summed E-state index contributed by atoms with van der Waals surface area (Å²) < 4.78 is 4.93. The number of carbonyl (C=O) groups excluding carboxylic acids is 1. The Kier molecular flexibility index (Phi) is 7.59. The largest absolute Gasteiger partial charge is 0.385 e. The first kappa shape index (κ1) is 17.0. The van der Waals surface area contributed by atoms with E-state index in [2.05, 4.69) is 36.6 Å². The number of hydrogen-bond donors (Lipinski definition) is 2.